The summed E-state index contributed by atoms with van der Waals surface area (Å²) in [5.41, 5.74) is 1.10. The van der Waals surface area contributed by atoms with Crippen LogP contribution >= 0.6 is 39.1 Å². The molecule has 0 N–H and O–H groups in total. The summed E-state index contributed by atoms with van der Waals surface area (Å²) in [5, 5.41) is -0.0521. The van der Waals surface area contributed by atoms with Crippen LogP contribution in [0.5, 0.6) is 0 Å². The maximum atomic E-state index is 6.13. The minimum atomic E-state index is -0.0521. The van der Waals surface area contributed by atoms with Crippen LogP contribution in [0, 0.1) is 0 Å². The summed E-state index contributed by atoms with van der Waals surface area (Å²) in [4.78, 5) is 0.128. The fourth-order valence-corrected chi connectivity index (χ4v) is 1.73. The molecule has 0 aliphatic rings. The third kappa shape index (κ3) is 2.65. The van der Waals surface area contributed by atoms with Crippen molar-refractivity contribution in [3.63, 3.8) is 0 Å². The maximum Gasteiger partial charge on any atom is 0.0721 e. The van der Waals surface area contributed by atoms with Crippen molar-refractivity contribution in [2.45, 2.75) is 10.2 Å². The van der Waals surface area contributed by atoms with Gasteiger partial charge in [-0.3, -0.25) is 0 Å². The summed E-state index contributed by atoms with van der Waals surface area (Å²) < 4.78 is 0. The van der Waals surface area contributed by atoms with Crippen molar-refractivity contribution in [1.29, 1.82) is 0 Å². The highest BCUT2D eigenvalue weighted by atomic mass is 79.9. The van der Waals surface area contributed by atoms with Crippen molar-refractivity contribution in [2.24, 2.45) is 0 Å². The molecule has 0 aliphatic heterocycles. The lowest BCUT2D eigenvalue weighted by Crippen LogP contribution is -2.07. The van der Waals surface area contributed by atoms with Crippen LogP contribution in [0.15, 0.2) is 30.3 Å². The van der Waals surface area contributed by atoms with Gasteiger partial charge in [-0.1, -0.05) is 46.3 Å². The Labute approximate surface area is 91.0 Å². The van der Waals surface area contributed by atoms with E-state index in [0.717, 1.165) is 5.56 Å². The molecule has 0 nitrogen and oxygen atoms in total. The van der Waals surface area contributed by atoms with Crippen LogP contribution in [0.4, 0.5) is 0 Å². The van der Waals surface area contributed by atoms with E-state index in [1.165, 1.54) is 0 Å². The standard InChI is InChI=1S/C9H9BrCl2/c10-8(6-11)9(12)7-4-2-1-3-5-7/h1-5,8-9H,6H2. The van der Waals surface area contributed by atoms with E-state index in [9.17, 15) is 0 Å². The molecule has 0 aliphatic carbocycles. The van der Waals surface area contributed by atoms with E-state index in [0.29, 0.717) is 5.88 Å². The highest BCUT2D eigenvalue weighted by molar-refractivity contribution is 9.09. The van der Waals surface area contributed by atoms with Gasteiger partial charge in [-0.2, -0.15) is 0 Å². The van der Waals surface area contributed by atoms with Gasteiger partial charge < -0.3 is 0 Å². The summed E-state index contributed by atoms with van der Waals surface area (Å²) in [6.45, 7) is 0. The minimum Gasteiger partial charge on any atom is -0.125 e. The van der Waals surface area contributed by atoms with Crippen LogP contribution in [0.3, 0.4) is 0 Å². The molecule has 3 heteroatoms. The molecule has 66 valence electrons. The first-order valence-corrected chi connectivity index (χ1v) is 5.53. The monoisotopic (exact) mass is 266 g/mol. The summed E-state index contributed by atoms with van der Waals surface area (Å²) in [5.74, 6) is 0.517. The van der Waals surface area contributed by atoms with E-state index >= 15 is 0 Å². The summed E-state index contributed by atoms with van der Waals surface area (Å²) >= 11 is 15.2. The molecule has 0 amide bonds. The van der Waals surface area contributed by atoms with Crippen molar-refractivity contribution in [2.75, 3.05) is 5.88 Å². The summed E-state index contributed by atoms with van der Waals surface area (Å²) in [6, 6.07) is 9.91. The van der Waals surface area contributed by atoms with Crippen LogP contribution in [-0.4, -0.2) is 10.7 Å². The molecule has 1 aromatic rings. The van der Waals surface area contributed by atoms with Crippen molar-refractivity contribution in [3.8, 4) is 0 Å². The Morgan fingerprint density at radius 2 is 1.83 bits per heavy atom. The molecule has 2 unspecified atom stereocenters. The Morgan fingerprint density at radius 1 is 1.25 bits per heavy atom. The second-order valence-electron chi connectivity index (χ2n) is 2.48. The van der Waals surface area contributed by atoms with E-state index in [4.69, 9.17) is 23.2 Å². The zero-order valence-electron chi connectivity index (χ0n) is 6.38. The Morgan fingerprint density at radius 3 is 2.33 bits per heavy atom. The molecular weight excluding hydrogens is 259 g/mol. The molecule has 0 aromatic heterocycles. The Kier molecular flexibility index (Phi) is 4.41. The number of benzene rings is 1. The van der Waals surface area contributed by atoms with E-state index in [1.807, 2.05) is 30.3 Å². The molecule has 0 bridgehead atoms. The predicted molar refractivity (Wildman–Crippen MR) is 58.5 cm³/mol. The van der Waals surface area contributed by atoms with Gasteiger partial charge in [-0.25, -0.2) is 0 Å². The largest absolute Gasteiger partial charge is 0.125 e. The molecule has 12 heavy (non-hydrogen) atoms. The molecule has 0 saturated carbocycles. The molecule has 1 rings (SSSR count). The molecule has 0 spiro atoms. The van der Waals surface area contributed by atoms with Gasteiger partial charge in [0.15, 0.2) is 0 Å². The fraction of sp³-hybridized carbons (Fsp3) is 0.333. The molecule has 0 saturated heterocycles. The van der Waals surface area contributed by atoms with E-state index in [2.05, 4.69) is 15.9 Å². The smallest absolute Gasteiger partial charge is 0.0721 e. The lowest BCUT2D eigenvalue weighted by atomic mass is 10.1. The second kappa shape index (κ2) is 5.11. The lowest BCUT2D eigenvalue weighted by Gasteiger charge is -2.13. The predicted octanol–water partition coefficient (Wildman–Crippen LogP) is 3.97. The fourth-order valence-electron chi connectivity index (χ4n) is 0.924. The number of alkyl halides is 3. The van der Waals surface area contributed by atoms with Gasteiger partial charge in [0, 0.05) is 10.7 Å². The first kappa shape index (κ1) is 10.4. The molecule has 2 atom stereocenters. The van der Waals surface area contributed by atoms with Gasteiger partial charge in [0.25, 0.3) is 0 Å². The zero-order valence-corrected chi connectivity index (χ0v) is 9.48. The normalized spacial score (nSPS) is 15.6. The Bertz CT molecular complexity index is 225. The highest BCUT2D eigenvalue weighted by Crippen LogP contribution is 2.29. The van der Waals surface area contributed by atoms with E-state index < -0.39 is 0 Å². The molecule has 0 fully saturated rings. The van der Waals surface area contributed by atoms with Gasteiger partial charge >= 0.3 is 0 Å². The topological polar surface area (TPSA) is 0 Å². The Balaban J connectivity index is 2.71. The number of hydrogen-bond acceptors (Lipinski definition) is 0. The highest BCUT2D eigenvalue weighted by Gasteiger charge is 2.16. The molecular formula is C9H9BrCl2. The zero-order chi connectivity index (χ0) is 8.97. The number of rotatable bonds is 3. The van der Waals surface area contributed by atoms with E-state index in [-0.39, 0.29) is 10.2 Å². The molecule has 0 radical (unpaired) electrons. The number of hydrogen-bond donors (Lipinski definition) is 0. The van der Waals surface area contributed by atoms with Crippen molar-refractivity contribution in [3.05, 3.63) is 35.9 Å². The first-order valence-electron chi connectivity index (χ1n) is 3.64. The van der Waals surface area contributed by atoms with Crippen LogP contribution in [0.2, 0.25) is 0 Å². The first-order chi connectivity index (χ1) is 5.75. The Hall–Kier alpha value is 0.280. The quantitative estimate of drug-likeness (QED) is 0.727. The second-order valence-corrected chi connectivity index (χ2v) is 4.44. The minimum absolute atomic E-state index is 0.0521. The molecule has 0 heterocycles. The number of halogens is 3. The summed E-state index contributed by atoms with van der Waals surface area (Å²) in [6.07, 6.45) is 0. The average molecular weight is 268 g/mol. The summed E-state index contributed by atoms with van der Waals surface area (Å²) in [7, 11) is 0. The van der Waals surface area contributed by atoms with Gasteiger partial charge in [-0.05, 0) is 5.56 Å². The van der Waals surface area contributed by atoms with Gasteiger partial charge in [0.2, 0.25) is 0 Å². The SMILES string of the molecule is ClCC(Br)C(Cl)c1ccccc1. The van der Waals surface area contributed by atoms with Gasteiger partial charge in [-0.15, -0.1) is 23.2 Å². The van der Waals surface area contributed by atoms with Crippen molar-refractivity contribution in [1.82, 2.24) is 0 Å². The average Bonchev–Trinajstić information content (AvgIpc) is 2.17. The van der Waals surface area contributed by atoms with Gasteiger partial charge in [0.1, 0.15) is 0 Å². The van der Waals surface area contributed by atoms with Crippen molar-refractivity contribution >= 4 is 39.1 Å². The molecule has 1 aromatic carbocycles. The van der Waals surface area contributed by atoms with E-state index in [1.54, 1.807) is 0 Å². The van der Waals surface area contributed by atoms with Crippen molar-refractivity contribution < 1.29 is 0 Å². The van der Waals surface area contributed by atoms with Crippen LogP contribution in [0.1, 0.15) is 10.9 Å². The van der Waals surface area contributed by atoms with Crippen LogP contribution in [0.25, 0.3) is 0 Å². The third-order valence-corrected chi connectivity index (χ3v) is 4.00. The van der Waals surface area contributed by atoms with Gasteiger partial charge in [0.05, 0.1) is 5.38 Å². The van der Waals surface area contributed by atoms with Crippen LogP contribution in [-0.2, 0) is 0 Å². The van der Waals surface area contributed by atoms with Crippen LogP contribution < -0.4 is 0 Å². The lowest BCUT2D eigenvalue weighted by molar-refractivity contribution is 0.926. The maximum absolute atomic E-state index is 6.13. The third-order valence-electron chi connectivity index (χ3n) is 1.58.